The van der Waals surface area contributed by atoms with E-state index in [-0.39, 0.29) is 12.2 Å². The van der Waals surface area contributed by atoms with Crippen LogP contribution in [0.1, 0.15) is 22.3 Å². The number of ether oxygens (including phenoxy) is 1. The number of hydrogen-bond acceptors (Lipinski definition) is 4. The number of rotatable bonds is 5. The molecule has 0 aromatic heterocycles. The molecule has 2 aliphatic heterocycles. The molecule has 2 heterocycles. The average molecular weight is 417 g/mol. The molecule has 1 amide bonds. The van der Waals surface area contributed by atoms with Gasteiger partial charge in [-0.3, -0.25) is 14.5 Å². The summed E-state index contributed by atoms with van der Waals surface area (Å²) in [7, 11) is 0. The molecule has 1 fully saturated rings. The standard InChI is InChI=1S/C25H24N2O4/c28-23(20-10-9-18-5-1-2-6-19(18)15-20)16-25(30)21-7-3-4-8-22(21)27(24(25)29)17-26-11-13-31-14-12-26/h1-10,15,30H,11-14,16-17H2/p+1/t25-/m0/s1. The van der Waals surface area contributed by atoms with Gasteiger partial charge in [-0.15, -0.1) is 0 Å². The summed E-state index contributed by atoms with van der Waals surface area (Å²) in [5.41, 5.74) is -0.179. The van der Waals surface area contributed by atoms with E-state index < -0.39 is 11.5 Å². The molecule has 0 spiro atoms. The van der Waals surface area contributed by atoms with Crippen LogP contribution in [0.2, 0.25) is 0 Å². The van der Waals surface area contributed by atoms with Gasteiger partial charge in [0.15, 0.2) is 18.1 Å². The van der Waals surface area contributed by atoms with Gasteiger partial charge >= 0.3 is 0 Å². The van der Waals surface area contributed by atoms with Crippen molar-refractivity contribution in [3.05, 3.63) is 77.9 Å². The van der Waals surface area contributed by atoms with Gasteiger partial charge in [0, 0.05) is 11.1 Å². The predicted octanol–water partition coefficient (Wildman–Crippen LogP) is 1.52. The van der Waals surface area contributed by atoms with Crippen LogP contribution in [-0.4, -0.2) is 49.8 Å². The van der Waals surface area contributed by atoms with E-state index in [0.717, 1.165) is 23.9 Å². The summed E-state index contributed by atoms with van der Waals surface area (Å²) in [6.45, 7) is 3.37. The van der Waals surface area contributed by atoms with Crippen molar-refractivity contribution in [2.75, 3.05) is 37.9 Å². The Morgan fingerprint density at radius 1 is 1.00 bits per heavy atom. The Bertz CT molecular complexity index is 1150. The van der Waals surface area contributed by atoms with Crippen LogP contribution in [-0.2, 0) is 15.1 Å². The Morgan fingerprint density at radius 2 is 1.71 bits per heavy atom. The van der Waals surface area contributed by atoms with Gasteiger partial charge in [-0.05, 0) is 22.9 Å². The van der Waals surface area contributed by atoms with Gasteiger partial charge in [0.1, 0.15) is 13.1 Å². The first kappa shape index (κ1) is 19.9. The molecule has 6 heteroatoms. The maximum atomic E-state index is 13.4. The van der Waals surface area contributed by atoms with Crippen LogP contribution in [0.3, 0.4) is 0 Å². The molecule has 2 aliphatic rings. The first-order valence-corrected chi connectivity index (χ1v) is 10.6. The van der Waals surface area contributed by atoms with Crippen LogP contribution in [0.4, 0.5) is 5.69 Å². The van der Waals surface area contributed by atoms with Gasteiger partial charge in [0.05, 0.1) is 25.3 Å². The van der Waals surface area contributed by atoms with Crippen LogP contribution in [0.25, 0.3) is 10.8 Å². The number of fused-ring (bicyclic) bond motifs is 2. The molecule has 0 bridgehead atoms. The largest absolute Gasteiger partial charge is 0.375 e. The van der Waals surface area contributed by atoms with Gasteiger partial charge in [-0.25, -0.2) is 0 Å². The molecule has 6 nitrogen and oxygen atoms in total. The summed E-state index contributed by atoms with van der Waals surface area (Å²) in [5.74, 6) is -0.682. The summed E-state index contributed by atoms with van der Waals surface area (Å²) < 4.78 is 5.42. The van der Waals surface area contributed by atoms with Gasteiger partial charge < -0.3 is 14.7 Å². The molecule has 1 saturated heterocycles. The Kier molecular flexibility index (Phi) is 5.06. The molecule has 0 saturated carbocycles. The third kappa shape index (κ3) is 3.53. The highest BCUT2D eigenvalue weighted by Gasteiger charge is 2.51. The minimum absolute atomic E-state index is 0.253. The minimum atomic E-state index is -1.86. The molecule has 5 rings (SSSR count). The number of para-hydroxylation sites is 1. The molecule has 0 radical (unpaired) electrons. The molecule has 3 aromatic rings. The zero-order valence-corrected chi connectivity index (χ0v) is 17.2. The highest BCUT2D eigenvalue weighted by molar-refractivity contribution is 6.11. The van der Waals surface area contributed by atoms with Crippen molar-refractivity contribution < 1.29 is 24.3 Å². The number of Topliss-reactive ketones (excluding diaryl/α,β-unsaturated/α-hetero) is 1. The van der Waals surface area contributed by atoms with Crippen molar-refractivity contribution in [1.82, 2.24) is 0 Å². The Labute approximate surface area is 180 Å². The van der Waals surface area contributed by atoms with Crippen molar-refractivity contribution in [2.45, 2.75) is 12.0 Å². The van der Waals surface area contributed by atoms with Gasteiger partial charge in [0.2, 0.25) is 0 Å². The van der Waals surface area contributed by atoms with Crippen LogP contribution < -0.4 is 9.80 Å². The summed E-state index contributed by atoms with van der Waals surface area (Å²) in [6, 6.07) is 20.5. The smallest absolute Gasteiger partial charge is 0.268 e. The van der Waals surface area contributed by atoms with E-state index in [9.17, 15) is 14.7 Å². The lowest BCUT2D eigenvalue weighted by molar-refractivity contribution is -0.906. The number of nitrogens with one attached hydrogen (secondary N) is 1. The SMILES string of the molecule is O=C(C[C@@]1(O)C(=O)N(C[NH+]2CCOCC2)c2ccccc21)c1ccc2ccccc2c1. The molecule has 2 N–H and O–H groups in total. The minimum Gasteiger partial charge on any atom is -0.375 e. The molecule has 1 atom stereocenters. The fourth-order valence-corrected chi connectivity index (χ4v) is 4.57. The fraction of sp³-hybridized carbons (Fsp3) is 0.280. The first-order valence-electron chi connectivity index (χ1n) is 10.6. The topological polar surface area (TPSA) is 71.3 Å². The van der Waals surface area contributed by atoms with E-state index in [1.165, 1.54) is 4.90 Å². The summed E-state index contributed by atoms with van der Waals surface area (Å²) in [6.07, 6.45) is -0.282. The Morgan fingerprint density at radius 3 is 2.52 bits per heavy atom. The number of ketones is 1. The molecule has 0 aliphatic carbocycles. The molecule has 0 unspecified atom stereocenters. The number of anilines is 1. The average Bonchev–Trinajstić information content (AvgIpc) is 3.01. The van der Waals surface area contributed by atoms with Crippen LogP contribution in [0.15, 0.2) is 66.7 Å². The molecule has 3 aromatic carbocycles. The summed E-state index contributed by atoms with van der Waals surface area (Å²) >= 11 is 0. The predicted molar refractivity (Wildman–Crippen MR) is 117 cm³/mol. The number of benzene rings is 3. The van der Waals surface area contributed by atoms with E-state index in [1.807, 2.05) is 48.5 Å². The first-order chi connectivity index (χ1) is 15.1. The normalized spacial score (nSPS) is 21.5. The number of amides is 1. The zero-order valence-electron chi connectivity index (χ0n) is 17.2. The zero-order chi connectivity index (χ0) is 21.4. The van der Waals surface area contributed by atoms with E-state index >= 15 is 0 Å². The number of hydrogen-bond donors (Lipinski definition) is 2. The van der Waals surface area contributed by atoms with Gasteiger partial charge in [-0.1, -0.05) is 54.6 Å². The van der Waals surface area contributed by atoms with Crippen molar-refractivity contribution in [3.8, 4) is 0 Å². The summed E-state index contributed by atoms with van der Waals surface area (Å²) in [5, 5.41) is 13.5. The van der Waals surface area contributed by atoms with Crippen LogP contribution in [0, 0.1) is 0 Å². The number of aliphatic hydroxyl groups is 1. The fourth-order valence-electron chi connectivity index (χ4n) is 4.57. The Hall–Kier alpha value is -3.06. The second-order valence-corrected chi connectivity index (χ2v) is 8.29. The molecular weight excluding hydrogens is 392 g/mol. The van der Waals surface area contributed by atoms with Crippen molar-refractivity contribution in [1.29, 1.82) is 0 Å². The maximum absolute atomic E-state index is 13.4. The van der Waals surface area contributed by atoms with E-state index in [4.69, 9.17) is 4.74 Å². The quantitative estimate of drug-likeness (QED) is 0.618. The monoisotopic (exact) mass is 417 g/mol. The Balaban J connectivity index is 1.44. The van der Waals surface area contributed by atoms with E-state index in [0.29, 0.717) is 36.7 Å². The molecular formula is C25H25N2O4+. The van der Waals surface area contributed by atoms with Crippen molar-refractivity contribution >= 4 is 28.2 Å². The third-order valence-corrected chi connectivity index (χ3v) is 6.31. The van der Waals surface area contributed by atoms with Crippen LogP contribution >= 0.6 is 0 Å². The van der Waals surface area contributed by atoms with E-state index in [1.54, 1.807) is 23.1 Å². The number of quaternary nitrogens is 1. The molecule has 31 heavy (non-hydrogen) atoms. The van der Waals surface area contributed by atoms with Gasteiger partial charge in [-0.2, -0.15) is 0 Å². The highest BCUT2D eigenvalue weighted by Crippen LogP contribution is 2.42. The van der Waals surface area contributed by atoms with Crippen molar-refractivity contribution in [3.63, 3.8) is 0 Å². The second-order valence-electron chi connectivity index (χ2n) is 8.29. The number of morpholine rings is 1. The lowest BCUT2D eigenvalue weighted by atomic mass is 9.88. The van der Waals surface area contributed by atoms with E-state index in [2.05, 4.69) is 0 Å². The summed E-state index contributed by atoms with van der Waals surface area (Å²) in [4.78, 5) is 29.4. The second kappa shape index (κ2) is 7.89. The van der Waals surface area contributed by atoms with Crippen molar-refractivity contribution in [2.24, 2.45) is 0 Å². The highest BCUT2D eigenvalue weighted by atomic mass is 16.5. The number of carbonyl (C=O) groups excluding carboxylic acids is 2. The van der Waals surface area contributed by atoms with Gasteiger partial charge in [0.25, 0.3) is 5.91 Å². The maximum Gasteiger partial charge on any atom is 0.268 e. The third-order valence-electron chi connectivity index (χ3n) is 6.31. The lowest BCUT2D eigenvalue weighted by Gasteiger charge is -2.29. The molecule has 158 valence electrons. The van der Waals surface area contributed by atoms with Crippen LogP contribution in [0.5, 0.6) is 0 Å². The number of carbonyl (C=O) groups is 2. The lowest BCUT2D eigenvalue weighted by Crippen LogP contribution is -3.15. The number of nitrogens with zero attached hydrogens (tertiary/aromatic N) is 1.